The van der Waals surface area contributed by atoms with Gasteiger partial charge in [-0.15, -0.1) is 11.8 Å². The lowest BCUT2D eigenvalue weighted by molar-refractivity contribution is -0.116. The van der Waals surface area contributed by atoms with Crippen molar-refractivity contribution < 1.29 is 23.9 Å². The molecule has 1 aromatic heterocycles. The molecule has 4 aromatic rings. The van der Waals surface area contributed by atoms with Gasteiger partial charge in [0, 0.05) is 33.2 Å². The van der Waals surface area contributed by atoms with E-state index in [0.717, 1.165) is 22.2 Å². The standard InChI is InChI=1S/C32H33N5O5S3/c1-5-27(30(40)35-31-36-32(37-45-31)43-6-2)44-24-14-10-13-22(19-24)33-29(39)25(34-28(38)20-11-8-7-9-12-20)18-21-17-23(41-3)15-16-26(21)42-4/h7-19,27H,5-6H2,1-4H3,(H,33,39)(H,34,38)(H,35,36,37,40)/b25-18+. The Bertz CT molecular complexity index is 1660. The topological polar surface area (TPSA) is 132 Å². The van der Waals surface area contributed by atoms with Crippen molar-refractivity contribution in [2.45, 2.75) is 35.6 Å². The summed E-state index contributed by atoms with van der Waals surface area (Å²) in [5.74, 6) is 0.718. The van der Waals surface area contributed by atoms with Crippen LogP contribution in [0.3, 0.4) is 0 Å². The molecule has 234 valence electrons. The van der Waals surface area contributed by atoms with Crippen LogP contribution in [-0.2, 0) is 9.59 Å². The molecule has 3 amide bonds. The molecule has 0 fully saturated rings. The zero-order valence-electron chi connectivity index (χ0n) is 25.2. The second-order valence-electron chi connectivity index (χ2n) is 9.29. The maximum atomic E-state index is 13.6. The van der Waals surface area contributed by atoms with Crippen LogP contribution in [0.25, 0.3) is 6.08 Å². The molecule has 3 aromatic carbocycles. The molecule has 45 heavy (non-hydrogen) atoms. The van der Waals surface area contributed by atoms with Crippen LogP contribution in [0.15, 0.2) is 88.5 Å². The summed E-state index contributed by atoms with van der Waals surface area (Å²) in [6.45, 7) is 3.95. The van der Waals surface area contributed by atoms with Crippen LogP contribution in [-0.4, -0.2) is 52.3 Å². The quantitative estimate of drug-likeness (QED) is 0.101. The molecule has 0 saturated heterocycles. The Balaban J connectivity index is 1.53. The van der Waals surface area contributed by atoms with Gasteiger partial charge in [0.1, 0.15) is 17.2 Å². The van der Waals surface area contributed by atoms with Crippen LogP contribution >= 0.6 is 35.1 Å². The summed E-state index contributed by atoms with van der Waals surface area (Å²) in [5, 5.41) is 9.17. The summed E-state index contributed by atoms with van der Waals surface area (Å²) in [7, 11) is 3.06. The highest BCUT2D eigenvalue weighted by atomic mass is 32.2. The minimum absolute atomic E-state index is 0.00284. The number of hydrogen-bond donors (Lipinski definition) is 3. The van der Waals surface area contributed by atoms with E-state index in [9.17, 15) is 14.4 Å². The van der Waals surface area contributed by atoms with Crippen molar-refractivity contribution in [1.29, 1.82) is 0 Å². The van der Waals surface area contributed by atoms with Crippen molar-refractivity contribution in [3.63, 3.8) is 0 Å². The molecular weight excluding hydrogens is 631 g/mol. The minimum atomic E-state index is -0.548. The van der Waals surface area contributed by atoms with Crippen molar-refractivity contribution in [3.05, 3.63) is 89.6 Å². The smallest absolute Gasteiger partial charge is 0.272 e. The largest absolute Gasteiger partial charge is 0.497 e. The highest BCUT2D eigenvalue weighted by Crippen LogP contribution is 2.30. The lowest BCUT2D eigenvalue weighted by Crippen LogP contribution is -2.30. The Morgan fingerprint density at radius 3 is 2.47 bits per heavy atom. The number of benzene rings is 3. The Morgan fingerprint density at radius 2 is 1.76 bits per heavy atom. The molecule has 4 rings (SSSR count). The first-order valence-corrected chi connectivity index (χ1v) is 16.6. The maximum absolute atomic E-state index is 13.6. The van der Waals surface area contributed by atoms with Crippen LogP contribution in [0.2, 0.25) is 0 Å². The third-order valence-electron chi connectivity index (χ3n) is 6.21. The second kappa shape index (κ2) is 16.7. The van der Waals surface area contributed by atoms with Crippen molar-refractivity contribution in [2.24, 2.45) is 0 Å². The molecule has 0 aliphatic carbocycles. The number of aromatic nitrogens is 2. The Morgan fingerprint density at radius 1 is 0.956 bits per heavy atom. The fourth-order valence-electron chi connectivity index (χ4n) is 4.02. The highest BCUT2D eigenvalue weighted by Gasteiger charge is 2.21. The van der Waals surface area contributed by atoms with E-state index in [1.165, 1.54) is 43.8 Å². The molecular formula is C32H33N5O5S3. The summed E-state index contributed by atoms with van der Waals surface area (Å²) >= 11 is 4.04. The number of amides is 3. The van der Waals surface area contributed by atoms with Gasteiger partial charge in [-0.1, -0.05) is 49.9 Å². The predicted octanol–water partition coefficient (Wildman–Crippen LogP) is 6.59. The molecule has 13 heteroatoms. The van der Waals surface area contributed by atoms with E-state index in [1.807, 2.05) is 19.9 Å². The molecule has 0 spiro atoms. The van der Waals surface area contributed by atoms with Gasteiger partial charge in [-0.05, 0) is 66.8 Å². The van der Waals surface area contributed by atoms with Crippen LogP contribution in [0.5, 0.6) is 11.5 Å². The minimum Gasteiger partial charge on any atom is -0.497 e. The SMILES string of the molecule is CCSc1nsc(NC(=O)C(CC)Sc2cccc(NC(=O)/C(=C\c3cc(OC)ccc3OC)NC(=O)c3ccccc3)c2)n1. The molecule has 1 heterocycles. The maximum Gasteiger partial charge on any atom is 0.272 e. The first-order valence-electron chi connectivity index (χ1n) is 14.0. The first kappa shape index (κ1) is 33.6. The van der Waals surface area contributed by atoms with E-state index >= 15 is 0 Å². The molecule has 0 radical (unpaired) electrons. The molecule has 3 N–H and O–H groups in total. The average Bonchev–Trinajstić information content (AvgIpc) is 3.50. The number of carbonyl (C=O) groups is 3. The van der Waals surface area contributed by atoms with Gasteiger partial charge in [0.2, 0.25) is 16.2 Å². The summed E-state index contributed by atoms with van der Waals surface area (Å²) < 4.78 is 15.1. The zero-order valence-corrected chi connectivity index (χ0v) is 27.6. The summed E-state index contributed by atoms with van der Waals surface area (Å²) in [5.41, 5.74) is 1.41. The number of nitrogens with one attached hydrogen (secondary N) is 3. The Kier molecular flexibility index (Phi) is 12.4. The number of anilines is 2. The van der Waals surface area contributed by atoms with Crippen LogP contribution in [0.4, 0.5) is 10.8 Å². The monoisotopic (exact) mass is 663 g/mol. The number of thioether (sulfide) groups is 2. The predicted molar refractivity (Wildman–Crippen MR) is 181 cm³/mol. The highest BCUT2D eigenvalue weighted by molar-refractivity contribution is 8.00. The number of ether oxygens (including phenoxy) is 2. The van der Waals surface area contributed by atoms with E-state index in [0.29, 0.717) is 45.0 Å². The molecule has 0 aliphatic rings. The lowest BCUT2D eigenvalue weighted by atomic mass is 10.1. The number of methoxy groups -OCH3 is 2. The van der Waals surface area contributed by atoms with Gasteiger partial charge in [0.15, 0.2) is 0 Å². The zero-order chi connectivity index (χ0) is 32.2. The van der Waals surface area contributed by atoms with Crippen LogP contribution in [0, 0.1) is 0 Å². The van der Waals surface area contributed by atoms with Gasteiger partial charge >= 0.3 is 0 Å². The van der Waals surface area contributed by atoms with Crippen LogP contribution < -0.4 is 25.4 Å². The van der Waals surface area contributed by atoms with E-state index in [2.05, 4.69) is 25.3 Å². The van der Waals surface area contributed by atoms with E-state index in [4.69, 9.17) is 9.47 Å². The normalized spacial score (nSPS) is 11.8. The number of carbonyl (C=O) groups excluding carboxylic acids is 3. The van der Waals surface area contributed by atoms with Crippen molar-refractivity contribution in [2.75, 3.05) is 30.6 Å². The van der Waals surface area contributed by atoms with E-state index in [-0.39, 0.29) is 11.6 Å². The number of rotatable bonds is 14. The van der Waals surface area contributed by atoms with Gasteiger partial charge in [-0.25, -0.2) is 0 Å². The Labute approximate surface area is 274 Å². The van der Waals surface area contributed by atoms with Gasteiger partial charge in [0.05, 0.1) is 19.5 Å². The lowest BCUT2D eigenvalue weighted by Gasteiger charge is -2.15. The fraction of sp³-hybridized carbons (Fsp3) is 0.219. The molecule has 0 aliphatic heterocycles. The molecule has 1 unspecified atom stereocenters. The van der Waals surface area contributed by atoms with E-state index < -0.39 is 17.1 Å². The summed E-state index contributed by atoms with van der Waals surface area (Å²) in [6, 6.07) is 20.9. The van der Waals surface area contributed by atoms with Gasteiger partial charge < -0.3 is 20.1 Å². The molecule has 1 atom stereocenters. The molecule has 10 nitrogen and oxygen atoms in total. The number of nitrogens with zero attached hydrogens (tertiary/aromatic N) is 2. The summed E-state index contributed by atoms with van der Waals surface area (Å²) in [4.78, 5) is 44.9. The third kappa shape index (κ3) is 9.58. The van der Waals surface area contributed by atoms with Gasteiger partial charge in [0.25, 0.3) is 11.8 Å². The second-order valence-corrected chi connectivity index (χ2v) is 12.5. The molecule has 0 saturated carbocycles. The van der Waals surface area contributed by atoms with Gasteiger partial charge in [-0.3, -0.25) is 19.7 Å². The first-order chi connectivity index (χ1) is 21.8. The fourth-order valence-corrected chi connectivity index (χ4v) is 6.30. The van der Waals surface area contributed by atoms with Crippen LogP contribution in [0.1, 0.15) is 36.2 Å². The van der Waals surface area contributed by atoms with Crippen molar-refractivity contribution in [1.82, 2.24) is 14.7 Å². The van der Waals surface area contributed by atoms with Crippen molar-refractivity contribution in [3.8, 4) is 11.5 Å². The molecule has 0 bridgehead atoms. The Hall–Kier alpha value is -4.33. The van der Waals surface area contributed by atoms with Gasteiger partial charge in [-0.2, -0.15) is 9.36 Å². The third-order valence-corrected chi connectivity index (χ3v) is 9.04. The summed E-state index contributed by atoms with van der Waals surface area (Å²) in [6.07, 6.45) is 2.11. The van der Waals surface area contributed by atoms with E-state index in [1.54, 1.807) is 66.7 Å². The van der Waals surface area contributed by atoms with Crippen molar-refractivity contribution >= 4 is 69.7 Å². The number of hydrogen-bond acceptors (Lipinski definition) is 10. The average molecular weight is 664 g/mol.